The van der Waals surface area contributed by atoms with Crippen molar-refractivity contribution in [3.8, 4) is 0 Å². The summed E-state index contributed by atoms with van der Waals surface area (Å²) in [6, 6.07) is 0. The molecule has 3 atom stereocenters. The fourth-order valence-electron chi connectivity index (χ4n) is 2.12. The van der Waals surface area contributed by atoms with Gasteiger partial charge in [0.2, 0.25) is 5.91 Å². The summed E-state index contributed by atoms with van der Waals surface area (Å²) in [5, 5.41) is 18.2. The minimum Gasteiger partial charge on any atom is -0.477 e. The number of carboxylic acid groups (broad SMARTS) is 1. The molecule has 2 aliphatic rings. The summed E-state index contributed by atoms with van der Waals surface area (Å²) >= 11 is 1.15. The van der Waals surface area contributed by atoms with Gasteiger partial charge in [-0.05, 0) is 6.92 Å². The number of ether oxygens (including phenoxy) is 1. The molecule has 2 heterocycles. The molecule has 0 spiro atoms. The molecule has 0 radical (unpaired) electrons. The van der Waals surface area contributed by atoms with E-state index in [0.717, 1.165) is 16.7 Å². The number of amides is 1. The molecule has 19 heavy (non-hydrogen) atoms. The van der Waals surface area contributed by atoms with Gasteiger partial charge in [-0.15, -0.1) is 0 Å². The van der Waals surface area contributed by atoms with Crippen molar-refractivity contribution in [1.29, 1.82) is 0 Å². The van der Waals surface area contributed by atoms with Crippen LogP contribution in [0.5, 0.6) is 0 Å². The number of aliphatic hydroxyl groups is 1. The van der Waals surface area contributed by atoms with Crippen molar-refractivity contribution in [2.75, 3.05) is 6.61 Å². The predicted molar refractivity (Wildman–Crippen MR) is 64.7 cm³/mol. The van der Waals surface area contributed by atoms with Crippen LogP contribution in [0.2, 0.25) is 0 Å². The van der Waals surface area contributed by atoms with Crippen LogP contribution in [0.15, 0.2) is 10.6 Å². The molecule has 1 unspecified atom stereocenters. The number of fused-ring (bicyclic) bond motifs is 1. The van der Waals surface area contributed by atoms with Gasteiger partial charge in [0, 0.05) is 6.92 Å². The standard InChI is InChI=1S/C11H13NO6S/c1-4(13)7-9(15)12-8(11(16)17)6(19-10(7)12)3-18-5(2)14/h4,7,10,13H,3H2,1-2H3,(H,16,17)/t4-,7?,10+/m0/s1. The van der Waals surface area contributed by atoms with Crippen LogP contribution in [0, 0.1) is 5.92 Å². The Bertz CT molecular complexity index is 486. The lowest BCUT2D eigenvalue weighted by molar-refractivity contribution is -0.156. The van der Waals surface area contributed by atoms with Crippen LogP contribution in [0.25, 0.3) is 0 Å². The van der Waals surface area contributed by atoms with Gasteiger partial charge < -0.3 is 14.9 Å². The molecular formula is C11H13NO6S. The zero-order valence-electron chi connectivity index (χ0n) is 10.3. The number of esters is 1. The molecule has 1 amide bonds. The monoisotopic (exact) mass is 287 g/mol. The molecule has 2 N–H and O–H groups in total. The highest BCUT2D eigenvalue weighted by molar-refractivity contribution is 8.04. The number of β-lactam (4-membered cyclic amide) rings is 1. The highest BCUT2D eigenvalue weighted by Gasteiger charge is 2.57. The number of rotatable bonds is 4. The van der Waals surface area contributed by atoms with Crippen molar-refractivity contribution in [3.63, 3.8) is 0 Å². The maximum absolute atomic E-state index is 11.8. The lowest BCUT2D eigenvalue weighted by atomic mass is 9.92. The van der Waals surface area contributed by atoms with Crippen molar-refractivity contribution in [3.05, 3.63) is 10.6 Å². The van der Waals surface area contributed by atoms with E-state index >= 15 is 0 Å². The third kappa shape index (κ3) is 2.21. The number of carbonyl (C=O) groups excluding carboxylic acids is 2. The van der Waals surface area contributed by atoms with E-state index in [-0.39, 0.29) is 12.3 Å². The summed E-state index contributed by atoms with van der Waals surface area (Å²) in [5.74, 6) is -2.79. The Morgan fingerprint density at radius 3 is 2.63 bits per heavy atom. The molecule has 0 bridgehead atoms. The van der Waals surface area contributed by atoms with Gasteiger partial charge in [-0.25, -0.2) is 4.79 Å². The number of carboxylic acids is 1. The molecule has 0 aliphatic carbocycles. The summed E-state index contributed by atoms with van der Waals surface area (Å²) < 4.78 is 4.78. The Balaban J connectivity index is 2.21. The third-order valence-corrected chi connectivity index (χ3v) is 4.32. The van der Waals surface area contributed by atoms with Crippen molar-refractivity contribution in [2.45, 2.75) is 25.3 Å². The first-order valence-corrected chi connectivity index (χ1v) is 6.50. The summed E-state index contributed by atoms with van der Waals surface area (Å²) in [6.07, 6.45) is -0.843. The Morgan fingerprint density at radius 1 is 1.53 bits per heavy atom. The van der Waals surface area contributed by atoms with Crippen LogP contribution >= 0.6 is 11.8 Å². The van der Waals surface area contributed by atoms with Gasteiger partial charge in [-0.1, -0.05) is 11.8 Å². The maximum Gasteiger partial charge on any atom is 0.353 e. The fraction of sp³-hybridized carbons (Fsp3) is 0.545. The molecule has 2 rings (SSSR count). The van der Waals surface area contributed by atoms with E-state index < -0.39 is 35.2 Å². The van der Waals surface area contributed by atoms with E-state index in [4.69, 9.17) is 9.84 Å². The largest absolute Gasteiger partial charge is 0.477 e. The first-order valence-electron chi connectivity index (χ1n) is 5.62. The summed E-state index contributed by atoms with van der Waals surface area (Å²) in [4.78, 5) is 35.3. The fourth-order valence-corrected chi connectivity index (χ4v) is 3.64. The molecule has 1 fully saturated rings. The second-order valence-corrected chi connectivity index (χ2v) is 5.55. The number of aliphatic hydroxyl groups excluding tert-OH is 1. The molecular weight excluding hydrogens is 274 g/mol. The smallest absolute Gasteiger partial charge is 0.353 e. The minimum atomic E-state index is -1.24. The Hall–Kier alpha value is -1.54. The molecule has 2 aliphatic heterocycles. The number of thioether (sulfide) groups is 1. The first-order chi connectivity index (χ1) is 8.84. The van der Waals surface area contributed by atoms with Crippen molar-refractivity contribution in [1.82, 2.24) is 4.90 Å². The van der Waals surface area contributed by atoms with E-state index in [0.29, 0.717) is 4.91 Å². The van der Waals surface area contributed by atoms with Crippen LogP contribution in [-0.2, 0) is 19.1 Å². The number of hydrogen-bond donors (Lipinski definition) is 2. The number of hydrogen-bond acceptors (Lipinski definition) is 6. The van der Waals surface area contributed by atoms with Gasteiger partial charge in [0.1, 0.15) is 17.7 Å². The maximum atomic E-state index is 11.8. The second-order valence-electron chi connectivity index (χ2n) is 4.34. The zero-order valence-corrected chi connectivity index (χ0v) is 11.1. The third-order valence-electron chi connectivity index (χ3n) is 2.98. The summed E-state index contributed by atoms with van der Waals surface area (Å²) in [5.41, 5.74) is -0.154. The van der Waals surface area contributed by atoms with Gasteiger partial charge in [-0.3, -0.25) is 14.5 Å². The highest BCUT2D eigenvalue weighted by Crippen LogP contribution is 2.50. The normalized spacial score (nSPS) is 26.9. The van der Waals surface area contributed by atoms with E-state index in [2.05, 4.69) is 0 Å². The molecule has 0 aromatic rings. The topological polar surface area (TPSA) is 104 Å². The van der Waals surface area contributed by atoms with Crippen LogP contribution in [0.4, 0.5) is 0 Å². The second kappa shape index (κ2) is 4.86. The number of aliphatic carboxylic acids is 1. The number of nitrogens with zero attached hydrogens (tertiary/aromatic N) is 1. The van der Waals surface area contributed by atoms with Crippen LogP contribution in [0.1, 0.15) is 13.8 Å². The van der Waals surface area contributed by atoms with Gasteiger partial charge in [0.15, 0.2) is 0 Å². The molecule has 1 saturated heterocycles. The van der Waals surface area contributed by atoms with Crippen LogP contribution < -0.4 is 0 Å². The minimum absolute atomic E-state index is 0.154. The first kappa shape index (κ1) is 13.9. The van der Waals surface area contributed by atoms with Gasteiger partial charge in [0.05, 0.1) is 16.9 Å². The average molecular weight is 287 g/mol. The van der Waals surface area contributed by atoms with Crippen LogP contribution in [-0.4, -0.2) is 51.0 Å². The van der Waals surface area contributed by atoms with Crippen LogP contribution in [0.3, 0.4) is 0 Å². The lowest BCUT2D eigenvalue weighted by Gasteiger charge is -2.43. The van der Waals surface area contributed by atoms with Gasteiger partial charge in [0.25, 0.3) is 0 Å². The van der Waals surface area contributed by atoms with E-state index in [1.807, 2.05) is 0 Å². The van der Waals surface area contributed by atoms with Gasteiger partial charge in [-0.2, -0.15) is 0 Å². The molecule has 8 heteroatoms. The molecule has 0 saturated carbocycles. The molecule has 7 nitrogen and oxygen atoms in total. The molecule has 0 aromatic heterocycles. The average Bonchev–Trinajstić information content (AvgIpc) is 2.60. The van der Waals surface area contributed by atoms with E-state index in [9.17, 15) is 19.5 Å². The summed E-state index contributed by atoms with van der Waals surface area (Å²) in [6.45, 7) is 2.54. The Labute approximate surface area is 113 Å². The summed E-state index contributed by atoms with van der Waals surface area (Å²) in [7, 11) is 0. The SMILES string of the molecule is CC(=O)OCC1=C(C(=O)O)N2C(=O)C([C@H](C)O)[C@H]2S1. The predicted octanol–water partition coefficient (Wildman–Crippen LogP) is -0.242. The highest BCUT2D eigenvalue weighted by atomic mass is 32.2. The molecule has 104 valence electrons. The molecule has 0 aromatic carbocycles. The van der Waals surface area contributed by atoms with Crippen molar-refractivity contribution >= 4 is 29.6 Å². The quantitative estimate of drug-likeness (QED) is 0.543. The van der Waals surface area contributed by atoms with Crippen molar-refractivity contribution < 1.29 is 29.3 Å². The van der Waals surface area contributed by atoms with E-state index in [1.165, 1.54) is 13.8 Å². The Kier molecular flexibility index (Phi) is 3.55. The number of carbonyl (C=O) groups is 3. The zero-order chi connectivity index (χ0) is 14.3. The lowest BCUT2D eigenvalue weighted by Crippen LogP contribution is -2.60. The van der Waals surface area contributed by atoms with E-state index in [1.54, 1.807) is 0 Å². The van der Waals surface area contributed by atoms with Crippen molar-refractivity contribution in [2.24, 2.45) is 5.92 Å². The Morgan fingerprint density at radius 2 is 2.16 bits per heavy atom. The van der Waals surface area contributed by atoms with Gasteiger partial charge >= 0.3 is 11.9 Å².